The van der Waals surface area contributed by atoms with E-state index in [1.165, 1.54) is 22.5 Å². The van der Waals surface area contributed by atoms with Gasteiger partial charge >= 0.3 is 0 Å². The molecular weight excluding hydrogens is 499 g/mol. The Labute approximate surface area is 189 Å². The van der Waals surface area contributed by atoms with Gasteiger partial charge in [0.2, 0.25) is 5.91 Å². The summed E-state index contributed by atoms with van der Waals surface area (Å²) in [4.78, 5) is 35.6. The first-order chi connectivity index (χ1) is 14.1. The highest BCUT2D eigenvalue weighted by Gasteiger charge is 2.29. The van der Waals surface area contributed by atoms with Gasteiger partial charge in [-0.25, -0.2) is 4.98 Å². The number of halogens is 1. The van der Waals surface area contributed by atoms with Crippen molar-refractivity contribution >= 4 is 50.9 Å². The molecule has 0 spiro atoms. The van der Waals surface area contributed by atoms with Gasteiger partial charge in [0.05, 0.1) is 10.5 Å². The number of benzene rings is 1. The molecule has 0 saturated carbocycles. The lowest BCUT2D eigenvalue weighted by Gasteiger charge is -2.34. The SMILES string of the molecule is CN(C(=O)c1csc(N2CCN(C(=O)CI)CC2)n1)C1CCCc2ccccc21. The number of amides is 2. The zero-order valence-electron chi connectivity index (χ0n) is 16.5. The summed E-state index contributed by atoms with van der Waals surface area (Å²) in [6.45, 7) is 2.94. The lowest BCUT2D eigenvalue weighted by molar-refractivity contribution is -0.128. The molecule has 154 valence electrons. The summed E-state index contributed by atoms with van der Waals surface area (Å²) in [5.74, 6) is 0.169. The van der Waals surface area contributed by atoms with E-state index in [1.807, 2.05) is 22.2 Å². The van der Waals surface area contributed by atoms with Crippen LogP contribution in [0.1, 0.15) is 40.5 Å². The minimum absolute atomic E-state index is 0.0204. The molecule has 0 bridgehead atoms. The fourth-order valence-corrected chi connectivity index (χ4v) is 5.53. The van der Waals surface area contributed by atoms with Crippen molar-refractivity contribution in [3.05, 3.63) is 46.5 Å². The van der Waals surface area contributed by atoms with Crippen LogP contribution >= 0.6 is 33.9 Å². The number of nitrogens with zero attached hydrogens (tertiary/aromatic N) is 4. The normalized spacial score (nSPS) is 19.0. The number of carbonyl (C=O) groups excluding carboxylic acids is 2. The maximum absolute atomic E-state index is 13.1. The highest BCUT2D eigenvalue weighted by Crippen LogP contribution is 2.34. The van der Waals surface area contributed by atoms with Gasteiger partial charge in [-0.3, -0.25) is 9.59 Å². The van der Waals surface area contributed by atoms with Crippen LogP contribution in [0.3, 0.4) is 0 Å². The Morgan fingerprint density at radius 2 is 2.00 bits per heavy atom. The molecule has 1 fully saturated rings. The van der Waals surface area contributed by atoms with Crippen LogP contribution in [-0.2, 0) is 11.2 Å². The van der Waals surface area contributed by atoms with Crippen LogP contribution in [0.25, 0.3) is 0 Å². The van der Waals surface area contributed by atoms with Gasteiger partial charge in [-0.05, 0) is 30.4 Å². The van der Waals surface area contributed by atoms with E-state index in [0.29, 0.717) is 23.2 Å². The summed E-state index contributed by atoms with van der Waals surface area (Å²) in [6, 6.07) is 8.55. The van der Waals surface area contributed by atoms with Crippen LogP contribution in [0.4, 0.5) is 5.13 Å². The van der Waals surface area contributed by atoms with Gasteiger partial charge in [0.15, 0.2) is 5.13 Å². The summed E-state index contributed by atoms with van der Waals surface area (Å²) in [7, 11) is 1.89. The number of carbonyl (C=O) groups is 2. The van der Waals surface area contributed by atoms with Crippen LogP contribution in [0.5, 0.6) is 0 Å². The summed E-state index contributed by atoms with van der Waals surface area (Å²) < 4.78 is 0.518. The van der Waals surface area contributed by atoms with Crippen molar-refractivity contribution in [2.24, 2.45) is 0 Å². The van der Waals surface area contributed by atoms with Gasteiger partial charge in [-0.15, -0.1) is 11.3 Å². The van der Waals surface area contributed by atoms with E-state index in [4.69, 9.17) is 0 Å². The number of piperazine rings is 1. The number of aromatic nitrogens is 1. The topological polar surface area (TPSA) is 56.8 Å². The molecule has 1 unspecified atom stereocenters. The lowest BCUT2D eigenvalue weighted by Crippen LogP contribution is -2.49. The van der Waals surface area contributed by atoms with E-state index in [0.717, 1.165) is 37.5 Å². The van der Waals surface area contributed by atoms with Crippen LogP contribution in [-0.4, -0.2) is 64.3 Å². The van der Waals surface area contributed by atoms with E-state index in [2.05, 4.69) is 56.7 Å². The van der Waals surface area contributed by atoms with Gasteiger partial charge < -0.3 is 14.7 Å². The number of fused-ring (bicyclic) bond motifs is 1. The van der Waals surface area contributed by atoms with Crippen LogP contribution in [0.15, 0.2) is 29.6 Å². The van der Waals surface area contributed by atoms with Crippen molar-refractivity contribution in [1.29, 1.82) is 0 Å². The molecule has 29 heavy (non-hydrogen) atoms. The molecule has 2 aliphatic rings. The molecule has 1 saturated heterocycles. The van der Waals surface area contributed by atoms with Crippen molar-refractivity contribution < 1.29 is 9.59 Å². The zero-order valence-corrected chi connectivity index (χ0v) is 19.5. The fourth-order valence-electron chi connectivity index (χ4n) is 4.19. The van der Waals surface area contributed by atoms with Gasteiger partial charge in [-0.1, -0.05) is 46.9 Å². The summed E-state index contributed by atoms with van der Waals surface area (Å²) in [5, 5.41) is 2.73. The zero-order chi connectivity index (χ0) is 20.4. The summed E-state index contributed by atoms with van der Waals surface area (Å²) in [6.07, 6.45) is 3.17. The Morgan fingerprint density at radius 1 is 1.24 bits per heavy atom. The average Bonchev–Trinajstić information content (AvgIpc) is 3.27. The number of hydrogen-bond donors (Lipinski definition) is 0. The molecule has 0 radical (unpaired) electrons. The molecule has 6 nitrogen and oxygen atoms in total. The fraction of sp³-hybridized carbons (Fsp3) is 0.476. The first kappa shape index (κ1) is 20.6. The number of hydrogen-bond acceptors (Lipinski definition) is 5. The molecule has 0 N–H and O–H groups in total. The third-order valence-corrected chi connectivity index (χ3v) is 7.41. The summed E-state index contributed by atoms with van der Waals surface area (Å²) >= 11 is 3.62. The highest BCUT2D eigenvalue weighted by atomic mass is 127. The highest BCUT2D eigenvalue weighted by molar-refractivity contribution is 14.1. The van der Waals surface area contributed by atoms with Gasteiger partial charge in [-0.2, -0.15) is 0 Å². The monoisotopic (exact) mass is 524 g/mol. The van der Waals surface area contributed by atoms with Crippen LogP contribution in [0.2, 0.25) is 0 Å². The van der Waals surface area contributed by atoms with E-state index in [1.54, 1.807) is 0 Å². The van der Waals surface area contributed by atoms with E-state index in [9.17, 15) is 9.59 Å². The first-order valence-electron chi connectivity index (χ1n) is 9.97. The van der Waals surface area contributed by atoms with Crippen molar-refractivity contribution in [2.75, 3.05) is 42.6 Å². The minimum atomic E-state index is -0.0204. The van der Waals surface area contributed by atoms with E-state index < -0.39 is 0 Å². The van der Waals surface area contributed by atoms with Gasteiger partial charge in [0, 0.05) is 38.6 Å². The Balaban J connectivity index is 1.43. The second-order valence-corrected chi connectivity index (χ2v) is 9.14. The molecule has 1 aliphatic carbocycles. The lowest BCUT2D eigenvalue weighted by atomic mass is 9.87. The van der Waals surface area contributed by atoms with Crippen LogP contribution in [0, 0.1) is 0 Å². The van der Waals surface area contributed by atoms with E-state index in [-0.39, 0.29) is 17.9 Å². The average molecular weight is 524 g/mol. The molecule has 2 aromatic rings. The Kier molecular flexibility index (Phi) is 6.38. The molecular formula is C21H25IN4O2S. The molecule has 4 rings (SSSR count). The van der Waals surface area contributed by atoms with E-state index >= 15 is 0 Å². The molecule has 8 heteroatoms. The van der Waals surface area contributed by atoms with Gasteiger partial charge in [0.25, 0.3) is 5.91 Å². The predicted octanol–water partition coefficient (Wildman–Crippen LogP) is 3.38. The first-order valence-corrected chi connectivity index (χ1v) is 12.4. The van der Waals surface area contributed by atoms with Crippen LogP contribution < -0.4 is 4.90 Å². The standard InChI is InChI=1S/C21H25IN4O2S/c1-24(18-8-4-6-15-5-2-3-7-16(15)18)20(28)17-14-29-21(23-17)26-11-9-25(10-12-26)19(27)13-22/h2-3,5,7,14,18H,4,6,8-13H2,1H3. The maximum Gasteiger partial charge on any atom is 0.273 e. The second kappa shape index (κ2) is 8.99. The third kappa shape index (κ3) is 4.28. The smallest absolute Gasteiger partial charge is 0.273 e. The molecule has 1 aromatic heterocycles. The molecule has 2 amide bonds. The van der Waals surface area contributed by atoms with Crippen molar-refractivity contribution in [3.63, 3.8) is 0 Å². The van der Waals surface area contributed by atoms with Crippen molar-refractivity contribution in [2.45, 2.75) is 25.3 Å². The molecule has 1 aromatic carbocycles. The number of anilines is 1. The Hall–Kier alpha value is -1.68. The number of alkyl halides is 1. The van der Waals surface area contributed by atoms with Gasteiger partial charge in [0.1, 0.15) is 5.69 Å². The number of thiazole rings is 1. The minimum Gasteiger partial charge on any atom is -0.345 e. The maximum atomic E-state index is 13.1. The second-order valence-electron chi connectivity index (χ2n) is 7.54. The molecule has 1 atom stereocenters. The third-order valence-electron chi connectivity index (χ3n) is 5.85. The number of rotatable bonds is 4. The predicted molar refractivity (Wildman–Crippen MR) is 124 cm³/mol. The van der Waals surface area contributed by atoms with Crippen molar-refractivity contribution in [1.82, 2.24) is 14.8 Å². The Morgan fingerprint density at radius 3 is 2.76 bits per heavy atom. The quantitative estimate of drug-likeness (QED) is 0.455. The van der Waals surface area contributed by atoms with Crippen molar-refractivity contribution in [3.8, 4) is 0 Å². The summed E-state index contributed by atoms with van der Waals surface area (Å²) in [5.41, 5.74) is 3.13. The Bertz CT molecular complexity index is 894. The largest absolute Gasteiger partial charge is 0.345 e. The molecule has 2 heterocycles. The molecule has 1 aliphatic heterocycles. The number of aryl methyl sites for hydroxylation is 1.